The summed E-state index contributed by atoms with van der Waals surface area (Å²) in [6, 6.07) is 14.2. The van der Waals surface area contributed by atoms with E-state index in [1.54, 1.807) is 24.1 Å². The second kappa shape index (κ2) is 7.95. The average molecular weight is 396 g/mol. The van der Waals surface area contributed by atoms with E-state index in [1.165, 1.54) is 12.1 Å². The van der Waals surface area contributed by atoms with Crippen LogP contribution in [0.15, 0.2) is 48.5 Å². The van der Waals surface area contributed by atoms with Gasteiger partial charge in [-0.2, -0.15) is 0 Å². The third-order valence-corrected chi connectivity index (χ3v) is 5.69. The lowest BCUT2D eigenvalue weighted by molar-refractivity contribution is -0.166. The van der Waals surface area contributed by atoms with Crippen LogP contribution >= 0.6 is 0 Å². The summed E-state index contributed by atoms with van der Waals surface area (Å²) in [5, 5.41) is 2.71. The average Bonchev–Trinajstić information content (AvgIpc) is 3.59. The molecule has 0 bridgehead atoms. The number of halogens is 1. The second-order valence-electron chi connectivity index (χ2n) is 7.84. The van der Waals surface area contributed by atoms with Gasteiger partial charge in [0.1, 0.15) is 5.82 Å². The largest absolute Gasteiger partial charge is 0.361 e. The fourth-order valence-electron chi connectivity index (χ4n) is 3.90. The van der Waals surface area contributed by atoms with Crippen LogP contribution in [-0.4, -0.2) is 49.1 Å². The van der Waals surface area contributed by atoms with Crippen LogP contribution in [-0.2, 0) is 20.7 Å². The quantitative estimate of drug-likeness (QED) is 0.846. The number of morpholine rings is 1. The van der Waals surface area contributed by atoms with Crippen molar-refractivity contribution in [1.82, 2.24) is 10.2 Å². The Morgan fingerprint density at radius 3 is 2.31 bits per heavy atom. The molecule has 1 saturated carbocycles. The molecule has 2 aliphatic rings. The van der Waals surface area contributed by atoms with E-state index >= 15 is 0 Å². The fourth-order valence-corrected chi connectivity index (χ4v) is 3.90. The van der Waals surface area contributed by atoms with Crippen molar-refractivity contribution in [3.63, 3.8) is 0 Å². The Morgan fingerprint density at radius 1 is 1.10 bits per heavy atom. The SMILES string of the molecule is CNC(=O)[C@@]1(Cc2ccc(-c3ccc(F)cc3)cc2)CN(C(=O)C2CC2)CCO1. The summed E-state index contributed by atoms with van der Waals surface area (Å²) in [5.41, 5.74) is 1.75. The van der Waals surface area contributed by atoms with Crippen molar-refractivity contribution < 1.29 is 18.7 Å². The summed E-state index contributed by atoms with van der Waals surface area (Å²) >= 11 is 0. The molecule has 1 aliphatic carbocycles. The maximum Gasteiger partial charge on any atom is 0.254 e. The molecule has 0 aromatic heterocycles. The first-order valence-electron chi connectivity index (χ1n) is 10.0. The van der Waals surface area contributed by atoms with E-state index in [-0.39, 0.29) is 30.1 Å². The van der Waals surface area contributed by atoms with E-state index in [4.69, 9.17) is 4.74 Å². The van der Waals surface area contributed by atoms with Crippen molar-refractivity contribution in [3.05, 3.63) is 59.9 Å². The van der Waals surface area contributed by atoms with Gasteiger partial charge in [0, 0.05) is 25.9 Å². The van der Waals surface area contributed by atoms with Gasteiger partial charge < -0.3 is 15.0 Å². The highest BCUT2D eigenvalue weighted by Gasteiger charge is 2.46. The van der Waals surface area contributed by atoms with Crippen LogP contribution in [0.25, 0.3) is 11.1 Å². The van der Waals surface area contributed by atoms with E-state index in [2.05, 4.69) is 5.32 Å². The summed E-state index contributed by atoms with van der Waals surface area (Å²) in [7, 11) is 1.59. The van der Waals surface area contributed by atoms with Crippen molar-refractivity contribution >= 4 is 11.8 Å². The van der Waals surface area contributed by atoms with E-state index < -0.39 is 5.60 Å². The number of amides is 2. The zero-order chi connectivity index (χ0) is 20.4. The summed E-state index contributed by atoms with van der Waals surface area (Å²) in [5.74, 6) is -0.232. The minimum atomic E-state index is -1.09. The molecule has 0 spiro atoms. The lowest BCUT2D eigenvalue weighted by atomic mass is 9.90. The van der Waals surface area contributed by atoms with E-state index in [0.29, 0.717) is 19.6 Å². The van der Waals surface area contributed by atoms with Crippen LogP contribution in [0.1, 0.15) is 18.4 Å². The van der Waals surface area contributed by atoms with Gasteiger partial charge in [0.25, 0.3) is 5.91 Å². The molecule has 1 aliphatic heterocycles. The molecular formula is C23H25FN2O3. The highest BCUT2D eigenvalue weighted by atomic mass is 19.1. The maximum atomic E-state index is 13.1. The molecule has 2 aromatic rings. The molecule has 1 saturated heterocycles. The topological polar surface area (TPSA) is 58.6 Å². The monoisotopic (exact) mass is 396 g/mol. The van der Waals surface area contributed by atoms with Crippen LogP contribution < -0.4 is 5.32 Å². The molecule has 5 nitrogen and oxygen atoms in total. The summed E-state index contributed by atoms with van der Waals surface area (Å²) in [4.78, 5) is 27.1. The molecule has 0 radical (unpaired) electrons. The van der Waals surface area contributed by atoms with Crippen LogP contribution in [0, 0.1) is 11.7 Å². The number of rotatable bonds is 5. The second-order valence-corrected chi connectivity index (χ2v) is 7.84. The number of hydrogen-bond acceptors (Lipinski definition) is 3. The maximum absolute atomic E-state index is 13.1. The predicted octanol–water partition coefficient (Wildman–Crippen LogP) is 2.79. The molecule has 6 heteroatoms. The number of nitrogens with zero attached hydrogens (tertiary/aromatic N) is 1. The Bertz CT molecular complexity index is 893. The standard InChI is InChI=1S/C23H25FN2O3/c1-25-22(28)23(15-26(12-13-29-23)21(27)19-6-7-19)14-16-2-4-17(5-3-16)18-8-10-20(24)11-9-18/h2-5,8-11,19H,6-7,12-15H2,1H3,(H,25,28)/t23-/m1/s1. The molecule has 152 valence electrons. The Morgan fingerprint density at radius 2 is 1.72 bits per heavy atom. The number of benzene rings is 2. The van der Waals surface area contributed by atoms with Gasteiger partial charge in [-0.3, -0.25) is 9.59 Å². The third-order valence-electron chi connectivity index (χ3n) is 5.69. The first-order chi connectivity index (χ1) is 14.0. The number of hydrogen-bond donors (Lipinski definition) is 1. The van der Waals surface area contributed by atoms with E-state index in [9.17, 15) is 14.0 Å². The van der Waals surface area contributed by atoms with Gasteiger partial charge in [-0.05, 0) is 41.7 Å². The van der Waals surface area contributed by atoms with Gasteiger partial charge in [0.05, 0.1) is 13.2 Å². The van der Waals surface area contributed by atoms with Crippen LogP contribution in [0.3, 0.4) is 0 Å². The Balaban J connectivity index is 1.54. The molecule has 1 atom stereocenters. The molecule has 1 N–H and O–H groups in total. The van der Waals surface area contributed by atoms with E-state index in [0.717, 1.165) is 29.5 Å². The first-order valence-corrected chi connectivity index (χ1v) is 10.0. The summed E-state index contributed by atoms with van der Waals surface area (Å²) in [6.07, 6.45) is 2.26. The summed E-state index contributed by atoms with van der Waals surface area (Å²) in [6.45, 7) is 1.14. The van der Waals surface area contributed by atoms with Gasteiger partial charge in [-0.1, -0.05) is 36.4 Å². The molecule has 2 fully saturated rings. The number of likely N-dealkylation sites (N-methyl/N-ethyl adjacent to an activating group) is 1. The molecule has 4 rings (SSSR count). The zero-order valence-corrected chi connectivity index (χ0v) is 16.5. The normalized spacial score (nSPS) is 21.7. The Labute approximate surface area is 169 Å². The van der Waals surface area contributed by atoms with Crippen molar-refractivity contribution in [2.24, 2.45) is 5.92 Å². The Kier molecular flexibility index (Phi) is 5.37. The number of nitrogens with one attached hydrogen (secondary N) is 1. The van der Waals surface area contributed by atoms with Gasteiger partial charge in [-0.25, -0.2) is 4.39 Å². The molecule has 2 amide bonds. The molecular weight excluding hydrogens is 371 g/mol. The predicted molar refractivity (Wildman–Crippen MR) is 108 cm³/mol. The van der Waals surface area contributed by atoms with Crippen LogP contribution in [0.2, 0.25) is 0 Å². The molecule has 29 heavy (non-hydrogen) atoms. The number of ether oxygens (including phenoxy) is 1. The highest BCUT2D eigenvalue weighted by Crippen LogP contribution is 2.33. The van der Waals surface area contributed by atoms with Crippen molar-refractivity contribution in [2.45, 2.75) is 24.9 Å². The first kappa shape index (κ1) is 19.6. The fraction of sp³-hybridized carbons (Fsp3) is 0.391. The van der Waals surface area contributed by atoms with Crippen molar-refractivity contribution in [3.8, 4) is 11.1 Å². The molecule has 0 unspecified atom stereocenters. The zero-order valence-electron chi connectivity index (χ0n) is 16.5. The third kappa shape index (κ3) is 4.17. The van der Waals surface area contributed by atoms with Gasteiger partial charge in [0.2, 0.25) is 5.91 Å². The number of carbonyl (C=O) groups excluding carboxylic acids is 2. The van der Waals surface area contributed by atoms with Gasteiger partial charge in [0.15, 0.2) is 5.60 Å². The minimum Gasteiger partial charge on any atom is -0.361 e. The molecule has 2 aromatic carbocycles. The van der Waals surface area contributed by atoms with Crippen LogP contribution in [0.4, 0.5) is 4.39 Å². The van der Waals surface area contributed by atoms with E-state index in [1.807, 2.05) is 24.3 Å². The lowest BCUT2D eigenvalue weighted by Crippen LogP contribution is -2.61. The van der Waals surface area contributed by atoms with Crippen molar-refractivity contribution in [2.75, 3.05) is 26.7 Å². The van der Waals surface area contributed by atoms with Crippen molar-refractivity contribution in [1.29, 1.82) is 0 Å². The highest BCUT2D eigenvalue weighted by molar-refractivity contribution is 5.88. The summed E-state index contributed by atoms with van der Waals surface area (Å²) < 4.78 is 19.1. The molecule has 1 heterocycles. The Hall–Kier alpha value is -2.73. The van der Waals surface area contributed by atoms with Crippen LogP contribution in [0.5, 0.6) is 0 Å². The van der Waals surface area contributed by atoms with Gasteiger partial charge in [-0.15, -0.1) is 0 Å². The van der Waals surface area contributed by atoms with Gasteiger partial charge >= 0.3 is 0 Å². The number of carbonyl (C=O) groups is 2. The minimum absolute atomic E-state index is 0.116. The lowest BCUT2D eigenvalue weighted by Gasteiger charge is -2.41. The smallest absolute Gasteiger partial charge is 0.254 e.